The minimum atomic E-state index is -0.601. The predicted molar refractivity (Wildman–Crippen MR) is 117 cm³/mol. The van der Waals surface area contributed by atoms with Crippen LogP contribution in [0.4, 0.5) is 5.69 Å². The summed E-state index contributed by atoms with van der Waals surface area (Å²) in [5.74, 6) is -0.0581. The smallest absolute Gasteiger partial charge is 0.325 e. The van der Waals surface area contributed by atoms with Gasteiger partial charge in [-0.2, -0.15) is 5.10 Å². The number of aromatic nitrogens is 2. The van der Waals surface area contributed by atoms with Crippen LogP contribution >= 0.6 is 0 Å². The largest absolute Gasteiger partial charge is 0.497 e. The average Bonchev–Trinajstić information content (AvgIpc) is 3.33. The summed E-state index contributed by atoms with van der Waals surface area (Å²) in [5.41, 5.74) is 1.04. The fourth-order valence-corrected chi connectivity index (χ4v) is 3.09. The van der Waals surface area contributed by atoms with Crippen LogP contribution in [-0.2, 0) is 16.1 Å². The van der Waals surface area contributed by atoms with Crippen LogP contribution in [0.2, 0.25) is 0 Å². The van der Waals surface area contributed by atoms with Crippen LogP contribution < -0.4 is 9.47 Å². The van der Waals surface area contributed by atoms with Gasteiger partial charge in [0.15, 0.2) is 5.69 Å². The molecule has 1 heterocycles. The van der Waals surface area contributed by atoms with Crippen LogP contribution in [0.1, 0.15) is 16.1 Å². The Kier molecular flexibility index (Phi) is 7.24. The Hall–Kier alpha value is -4.41. The van der Waals surface area contributed by atoms with Gasteiger partial charge in [0.1, 0.15) is 18.0 Å². The predicted octanol–water partition coefficient (Wildman–Crippen LogP) is 2.61. The van der Waals surface area contributed by atoms with Crippen LogP contribution in [-0.4, -0.2) is 59.4 Å². The molecule has 172 valence electrons. The zero-order valence-corrected chi connectivity index (χ0v) is 18.3. The van der Waals surface area contributed by atoms with E-state index in [0.717, 1.165) is 0 Å². The Morgan fingerprint density at radius 3 is 2.36 bits per heavy atom. The van der Waals surface area contributed by atoms with Crippen LogP contribution in [0, 0.1) is 10.1 Å². The second-order valence-electron chi connectivity index (χ2n) is 6.88. The van der Waals surface area contributed by atoms with Gasteiger partial charge in [-0.05, 0) is 29.8 Å². The highest BCUT2D eigenvalue weighted by Gasteiger charge is 2.23. The van der Waals surface area contributed by atoms with E-state index in [-0.39, 0.29) is 24.5 Å². The molecule has 0 unspecified atom stereocenters. The van der Waals surface area contributed by atoms with Crippen LogP contribution in [0.5, 0.6) is 11.5 Å². The highest BCUT2D eigenvalue weighted by molar-refractivity contribution is 5.94. The second kappa shape index (κ2) is 10.3. The molecule has 1 aromatic heterocycles. The number of rotatable bonds is 9. The number of nitrogens with zero attached hydrogens (tertiary/aromatic N) is 4. The van der Waals surface area contributed by atoms with Gasteiger partial charge in [-0.25, -0.2) is 4.68 Å². The molecule has 0 aliphatic carbocycles. The third-order valence-electron chi connectivity index (χ3n) is 4.73. The van der Waals surface area contributed by atoms with E-state index in [1.54, 1.807) is 24.3 Å². The minimum absolute atomic E-state index is 0.0558. The lowest BCUT2D eigenvalue weighted by molar-refractivity contribution is -0.384. The van der Waals surface area contributed by atoms with E-state index in [4.69, 9.17) is 14.2 Å². The van der Waals surface area contributed by atoms with Crippen LogP contribution in [0.25, 0.3) is 5.69 Å². The van der Waals surface area contributed by atoms with Gasteiger partial charge in [0, 0.05) is 30.9 Å². The number of benzene rings is 2. The number of amides is 1. The standard InChI is InChI=1S/C22H22N4O7/c1-31-18-9-15(10-19(12-18)32-2)13-24(14-21(27)33-3)22(28)20-7-8-25(23-20)16-5-4-6-17(11-16)26(29)30/h4-12H,13-14H2,1-3H3. The summed E-state index contributed by atoms with van der Waals surface area (Å²) >= 11 is 0. The summed E-state index contributed by atoms with van der Waals surface area (Å²) in [7, 11) is 4.25. The number of nitro groups is 1. The molecular formula is C22H22N4O7. The molecule has 3 aromatic rings. The first-order chi connectivity index (χ1) is 15.8. The second-order valence-corrected chi connectivity index (χ2v) is 6.88. The fourth-order valence-electron chi connectivity index (χ4n) is 3.09. The SMILES string of the molecule is COC(=O)CN(Cc1cc(OC)cc(OC)c1)C(=O)c1ccn(-c2cccc([N+](=O)[O-])c2)n1. The van der Waals surface area contributed by atoms with Crippen molar-refractivity contribution in [3.63, 3.8) is 0 Å². The Bertz CT molecular complexity index is 1150. The maximum Gasteiger partial charge on any atom is 0.325 e. The van der Waals surface area contributed by atoms with E-state index in [2.05, 4.69) is 5.10 Å². The Balaban J connectivity index is 1.89. The van der Waals surface area contributed by atoms with Crippen molar-refractivity contribution in [2.75, 3.05) is 27.9 Å². The summed E-state index contributed by atoms with van der Waals surface area (Å²) in [6.07, 6.45) is 1.51. The summed E-state index contributed by atoms with van der Waals surface area (Å²) in [5, 5.41) is 15.3. The molecule has 0 saturated carbocycles. The molecule has 0 saturated heterocycles. The maximum atomic E-state index is 13.2. The molecule has 0 bridgehead atoms. The van der Waals surface area contributed by atoms with E-state index in [9.17, 15) is 19.7 Å². The van der Waals surface area contributed by atoms with E-state index in [1.807, 2.05) is 0 Å². The molecule has 0 aliphatic heterocycles. The Morgan fingerprint density at radius 1 is 1.06 bits per heavy atom. The molecule has 0 fully saturated rings. The van der Waals surface area contributed by atoms with E-state index < -0.39 is 16.8 Å². The van der Waals surface area contributed by atoms with Crippen molar-refractivity contribution in [2.45, 2.75) is 6.54 Å². The number of hydrogen-bond donors (Lipinski definition) is 0. The molecule has 0 atom stereocenters. The molecule has 2 aromatic carbocycles. The lowest BCUT2D eigenvalue weighted by Gasteiger charge is -2.21. The van der Waals surface area contributed by atoms with Crippen molar-refractivity contribution >= 4 is 17.6 Å². The van der Waals surface area contributed by atoms with Crippen molar-refractivity contribution < 1.29 is 28.7 Å². The van der Waals surface area contributed by atoms with Crippen molar-refractivity contribution in [2.24, 2.45) is 0 Å². The van der Waals surface area contributed by atoms with Gasteiger partial charge >= 0.3 is 5.97 Å². The molecule has 11 nitrogen and oxygen atoms in total. The zero-order chi connectivity index (χ0) is 24.0. The van der Waals surface area contributed by atoms with Crippen molar-refractivity contribution in [3.05, 3.63) is 76.1 Å². The van der Waals surface area contributed by atoms with Crippen molar-refractivity contribution in [3.8, 4) is 17.2 Å². The maximum absolute atomic E-state index is 13.2. The van der Waals surface area contributed by atoms with Gasteiger partial charge in [0.05, 0.1) is 31.9 Å². The number of non-ortho nitro benzene ring substituents is 1. The number of hydrogen-bond acceptors (Lipinski definition) is 8. The van der Waals surface area contributed by atoms with Gasteiger partial charge in [-0.1, -0.05) is 6.07 Å². The number of carbonyl (C=O) groups excluding carboxylic acids is 2. The quantitative estimate of drug-likeness (QED) is 0.274. The van der Waals surface area contributed by atoms with Crippen LogP contribution in [0.15, 0.2) is 54.7 Å². The van der Waals surface area contributed by atoms with Gasteiger partial charge in [-0.3, -0.25) is 19.7 Å². The topological polar surface area (TPSA) is 126 Å². The summed E-state index contributed by atoms with van der Waals surface area (Å²) in [4.78, 5) is 37.0. The zero-order valence-electron chi connectivity index (χ0n) is 18.3. The first-order valence-corrected chi connectivity index (χ1v) is 9.73. The lowest BCUT2D eigenvalue weighted by atomic mass is 10.1. The summed E-state index contributed by atoms with van der Waals surface area (Å²) in [6, 6.07) is 12.5. The first-order valence-electron chi connectivity index (χ1n) is 9.73. The van der Waals surface area contributed by atoms with Gasteiger partial charge in [-0.15, -0.1) is 0 Å². The molecule has 0 N–H and O–H groups in total. The third-order valence-corrected chi connectivity index (χ3v) is 4.73. The summed E-state index contributed by atoms with van der Waals surface area (Å²) < 4.78 is 16.6. The number of methoxy groups -OCH3 is 3. The minimum Gasteiger partial charge on any atom is -0.497 e. The number of esters is 1. The molecule has 11 heteroatoms. The van der Waals surface area contributed by atoms with Gasteiger partial charge in [0.25, 0.3) is 11.6 Å². The normalized spacial score (nSPS) is 10.4. The number of carbonyl (C=O) groups is 2. The molecular weight excluding hydrogens is 432 g/mol. The number of ether oxygens (including phenoxy) is 3. The Labute approximate surface area is 189 Å². The first kappa shape index (κ1) is 23.3. The Morgan fingerprint density at radius 2 is 1.76 bits per heavy atom. The van der Waals surface area contributed by atoms with Crippen molar-refractivity contribution in [1.82, 2.24) is 14.7 Å². The third kappa shape index (κ3) is 5.64. The fraction of sp³-hybridized carbons (Fsp3) is 0.227. The molecule has 3 rings (SSSR count). The molecule has 0 aliphatic rings. The van der Waals surface area contributed by atoms with E-state index in [1.165, 1.54) is 61.4 Å². The van der Waals surface area contributed by atoms with Gasteiger partial charge < -0.3 is 19.1 Å². The monoisotopic (exact) mass is 454 g/mol. The van der Waals surface area contributed by atoms with E-state index in [0.29, 0.717) is 22.7 Å². The highest BCUT2D eigenvalue weighted by Crippen LogP contribution is 2.24. The molecule has 33 heavy (non-hydrogen) atoms. The molecule has 0 radical (unpaired) electrons. The molecule has 1 amide bonds. The highest BCUT2D eigenvalue weighted by atomic mass is 16.6. The molecule has 0 spiro atoms. The van der Waals surface area contributed by atoms with Crippen LogP contribution in [0.3, 0.4) is 0 Å². The number of nitro benzene ring substituents is 1. The van der Waals surface area contributed by atoms with E-state index >= 15 is 0 Å². The average molecular weight is 454 g/mol. The summed E-state index contributed by atoms with van der Waals surface area (Å²) in [6.45, 7) is -0.246. The van der Waals surface area contributed by atoms with Crippen molar-refractivity contribution in [1.29, 1.82) is 0 Å². The lowest BCUT2D eigenvalue weighted by Crippen LogP contribution is -2.36. The van der Waals surface area contributed by atoms with Gasteiger partial charge in [0.2, 0.25) is 0 Å².